The molecule has 4 nitrogen and oxygen atoms in total. The molecule has 0 amide bonds. The number of nitrogens with zero attached hydrogens (tertiary/aromatic N) is 1. The number of hydrogen-bond acceptors (Lipinski definition) is 2. The van der Waals surface area contributed by atoms with Crippen LogP contribution < -0.4 is 0 Å². The van der Waals surface area contributed by atoms with E-state index in [1.54, 1.807) is 6.07 Å². The quantitative estimate of drug-likeness (QED) is 0.821. The van der Waals surface area contributed by atoms with Crippen LogP contribution in [0, 0.1) is 6.92 Å². The molecular weight excluding hydrogens is 248 g/mol. The largest absolute Gasteiger partial charge is 0.476 e. The van der Waals surface area contributed by atoms with Gasteiger partial charge in [0.25, 0.3) is 0 Å². The number of aromatic amines is 1. The lowest BCUT2D eigenvalue weighted by molar-refractivity contribution is 0.0692. The molecule has 2 aromatic rings. The van der Waals surface area contributed by atoms with Crippen molar-refractivity contribution in [2.24, 2.45) is 0 Å². The van der Waals surface area contributed by atoms with Crippen LogP contribution in [0.3, 0.4) is 0 Å². The lowest BCUT2D eigenvalue weighted by Gasteiger charge is -1.98. The molecule has 0 saturated carbocycles. The lowest BCUT2D eigenvalue weighted by atomic mass is 10.1. The van der Waals surface area contributed by atoms with Gasteiger partial charge in [0, 0.05) is 9.86 Å². The van der Waals surface area contributed by atoms with Gasteiger partial charge >= 0.3 is 5.97 Å². The van der Waals surface area contributed by atoms with Crippen LogP contribution in [-0.2, 0) is 0 Å². The summed E-state index contributed by atoms with van der Waals surface area (Å²) in [6.07, 6.45) is 0. The van der Waals surface area contributed by atoms with Crippen molar-refractivity contribution < 1.29 is 9.90 Å². The second-order valence-electron chi connectivity index (χ2n) is 2.97. The Morgan fingerprint density at radius 1 is 1.57 bits per heavy atom. The maximum absolute atomic E-state index is 10.8. The minimum Gasteiger partial charge on any atom is -0.476 e. The molecule has 2 N–H and O–H groups in total. The van der Waals surface area contributed by atoms with Crippen LogP contribution in [0.5, 0.6) is 0 Å². The van der Waals surface area contributed by atoms with Gasteiger partial charge in [-0.2, -0.15) is 5.10 Å². The fraction of sp³-hybridized carbons (Fsp3) is 0.111. The smallest absolute Gasteiger partial charge is 0.357 e. The molecule has 1 aromatic heterocycles. The van der Waals surface area contributed by atoms with Crippen LogP contribution in [0.1, 0.15) is 16.1 Å². The summed E-state index contributed by atoms with van der Waals surface area (Å²) >= 11 is 3.37. The second kappa shape index (κ2) is 3.09. The van der Waals surface area contributed by atoms with E-state index in [1.165, 1.54) is 0 Å². The summed E-state index contributed by atoms with van der Waals surface area (Å²) in [5.41, 5.74) is 1.79. The minimum absolute atomic E-state index is 0.0654. The Balaban J connectivity index is 2.83. The van der Waals surface area contributed by atoms with Gasteiger partial charge in [0.15, 0.2) is 5.69 Å². The van der Waals surface area contributed by atoms with Crippen molar-refractivity contribution in [1.82, 2.24) is 10.2 Å². The molecule has 0 aliphatic heterocycles. The Kier molecular flexibility index (Phi) is 2.03. The number of H-pyrrole nitrogens is 1. The Bertz CT molecular complexity index is 519. The van der Waals surface area contributed by atoms with Crippen LogP contribution >= 0.6 is 15.9 Å². The highest BCUT2D eigenvalue weighted by Gasteiger charge is 2.14. The number of hydrogen-bond donors (Lipinski definition) is 2. The van der Waals surface area contributed by atoms with Crippen molar-refractivity contribution in [2.75, 3.05) is 0 Å². The van der Waals surface area contributed by atoms with Gasteiger partial charge in [-0.1, -0.05) is 15.9 Å². The SMILES string of the molecule is Cc1c(Br)ccc2c(C(=O)O)n[nH]c12. The van der Waals surface area contributed by atoms with Gasteiger partial charge in [-0.05, 0) is 24.6 Å². The van der Waals surface area contributed by atoms with Crippen LogP contribution in [-0.4, -0.2) is 21.3 Å². The average Bonchev–Trinajstić information content (AvgIpc) is 2.55. The fourth-order valence-electron chi connectivity index (χ4n) is 1.36. The summed E-state index contributed by atoms with van der Waals surface area (Å²) in [4.78, 5) is 10.8. The Labute approximate surface area is 88.1 Å². The van der Waals surface area contributed by atoms with E-state index in [-0.39, 0.29) is 5.69 Å². The molecule has 0 saturated heterocycles. The first kappa shape index (κ1) is 9.21. The number of benzene rings is 1. The van der Waals surface area contributed by atoms with E-state index < -0.39 is 5.97 Å². The van der Waals surface area contributed by atoms with Crippen molar-refractivity contribution in [3.63, 3.8) is 0 Å². The first-order valence-electron chi connectivity index (χ1n) is 3.97. The Morgan fingerprint density at radius 2 is 2.29 bits per heavy atom. The highest BCUT2D eigenvalue weighted by molar-refractivity contribution is 9.10. The van der Waals surface area contributed by atoms with Gasteiger partial charge in [-0.15, -0.1) is 0 Å². The van der Waals surface area contributed by atoms with Gasteiger partial charge in [0.05, 0.1) is 5.52 Å². The third-order valence-corrected chi connectivity index (χ3v) is 3.00. The topological polar surface area (TPSA) is 66.0 Å². The zero-order valence-electron chi connectivity index (χ0n) is 7.34. The molecule has 0 unspecified atom stereocenters. The number of carboxylic acid groups (broad SMARTS) is 1. The molecule has 0 aliphatic rings. The van der Waals surface area contributed by atoms with E-state index in [1.807, 2.05) is 13.0 Å². The summed E-state index contributed by atoms with van der Waals surface area (Å²) in [6.45, 7) is 1.90. The Morgan fingerprint density at radius 3 is 2.93 bits per heavy atom. The van der Waals surface area contributed by atoms with Crippen molar-refractivity contribution in [3.05, 3.63) is 27.9 Å². The number of carbonyl (C=O) groups is 1. The molecule has 0 atom stereocenters. The highest BCUT2D eigenvalue weighted by Crippen LogP contribution is 2.25. The normalized spacial score (nSPS) is 10.7. The molecule has 0 bridgehead atoms. The van der Waals surface area contributed by atoms with Crippen molar-refractivity contribution in [3.8, 4) is 0 Å². The lowest BCUT2D eigenvalue weighted by Crippen LogP contribution is -1.96. The van der Waals surface area contributed by atoms with Gasteiger partial charge in [-0.25, -0.2) is 4.79 Å². The summed E-state index contributed by atoms with van der Waals surface area (Å²) in [5, 5.41) is 15.9. The number of aromatic nitrogens is 2. The van der Waals surface area contributed by atoms with E-state index in [2.05, 4.69) is 26.1 Å². The summed E-state index contributed by atoms with van der Waals surface area (Å²) in [6, 6.07) is 3.55. The average molecular weight is 255 g/mol. The van der Waals surface area contributed by atoms with Gasteiger partial charge < -0.3 is 5.11 Å². The van der Waals surface area contributed by atoms with Crippen LogP contribution in [0.4, 0.5) is 0 Å². The van der Waals surface area contributed by atoms with Crippen molar-refractivity contribution in [2.45, 2.75) is 6.92 Å². The van der Waals surface area contributed by atoms with E-state index in [9.17, 15) is 4.79 Å². The standard InChI is InChI=1S/C9H7BrN2O2/c1-4-6(10)3-2-5-7(4)11-12-8(5)9(13)14/h2-3H,1H3,(H,11,12)(H,13,14). The first-order valence-corrected chi connectivity index (χ1v) is 4.77. The molecule has 14 heavy (non-hydrogen) atoms. The number of aryl methyl sites for hydroxylation is 1. The molecule has 5 heteroatoms. The van der Waals surface area contributed by atoms with E-state index >= 15 is 0 Å². The third kappa shape index (κ3) is 1.21. The minimum atomic E-state index is -1.02. The van der Waals surface area contributed by atoms with E-state index in [4.69, 9.17) is 5.11 Å². The third-order valence-electron chi connectivity index (χ3n) is 2.14. The van der Waals surface area contributed by atoms with Gasteiger partial charge in [-0.3, -0.25) is 5.10 Å². The maximum Gasteiger partial charge on any atom is 0.357 e. The van der Waals surface area contributed by atoms with E-state index in [0.717, 1.165) is 15.6 Å². The summed E-state index contributed by atoms with van der Waals surface area (Å²) in [7, 11) is 0. The van der Waals surface area contributed by atoms with Crippen LogP contribution in [0.15, 0.2) is 16.6 Å². The second-order valence-corrected chi connectivity index (χ2v) is 3.83. The number of rotatable bonds is 1. The maximum atomic E-state index is 10.8. The van der Waals surface area contributed by atoms with E-state index in [0.29, 0.717) is 5.39 Å². The number of halogens is 1. The van der Waals surface area contributed by atoms with Crippen LogP contribution in [0.25, 0.3) is 10.9 Å². The predicted octanol–water partition coefficient (Wildman–Crippen LogP) is 2.33. The summed E-state index contributed by atoms with van der Waals surface area (Å²) in [5.74, 6) is -1.02. The first-order chi connectivity index (χ1) is 6.61. The molecule has 0 spiro atoms. The molecule has 1 aromatic carbocycles. The molecule has 0 radical (unpaired) electrons. The molecule has 1 heterocycles. The predicted molar refractivity (Wildman–Crippen MR) is 55.5 cm³/mol. The zero-order valence-corrected chi connectivity index (χ0v) is 8.92. The fourth-order valence-corrected chi connectivity index (χ4v) is 1.69. The molecule has 0 fully saturated rings. The number of nitrogens with one attached hydrogen (secondary N) is 1. The van der Waals surface area contributed by atoms with Crippen molar-refractivity contribution in [1.29, 1.82) is 0 Å². The number of fused-ring (bicyclic) bond motifs is 1. The monoisotopic (exact) mass is 254 g/mol. The van der Waals surface area contributed by atoms with Crippen molar-refractivity contribution >= 4 is 32.8 Å². The number of carboxylic acids is 1. The molecule has 0 aliphatic carbocycles. The van der Waals surface area contributed by atoms with Gasteiger partial charge in [0.1, 0.15) is 0 Å². The summed E-state index contributed by atoms with van der Waals surface area (Å²) < 4.78 is 0.936. The molecule has 2 rings (SSSR count). The molecular formula is C9H7BrN2O2. The number of aromatic carboxylic acids is 1. The Hall–Kier alpha value is -1.36. The van der Waals surface area contributed by atoms with Gasteiger partial charge in [0.2, 0.25) is 0 Å². The van der Waals surface area contributed by atoms with Crippen LogP contribution in [0.2, 0.25) is 0 Å². The highest BCUT2D eigenvalue weighted by atomic mass is 79.9. The zero-order chi connectivity index (χ0) is 10.3. The molecule has 72 valence electrons.